The minimum atomic E-state index is -0.368. The Morgan fingerprint density at radius 2 is 1.60 bits per heavy atom. The lowest BCUT2D eigenvalue weighted by Gasteiger charge is -2.14. The second-order valence-corrected chi connectivity index (χ2v) is 3.12. The molecule has 0 atom stereocenters. The number of aliphatic imine (C=N–C) groups is 1. The van der Waals surface area contributed by atoms with E-state index in [1.807, 2.05) is 0 Å². The van der Waals surface area contributed by atoms with Crippen molar-refractivity contribution >= 4 is 18.3 Å². The summed E-state index contributed by atoms with van der Waals surface area (Å²) in [5.74, 6) is -0.717. The van der Waals surface area contributed by atoms with E-state index in [2.05, 4.69) is 11.7 Å². The van der Waals surface area contributed by atoms with Gasteiger partial charge < -0.3 is 5.73 Å². The molecule has 0 amide bonds. The molecule has 0 radical (unpaired) electrons. The first-order valence-corrected chi connectivity index (χ1v) is 4.31. The third-order valence-electron chi connectivity index (χ3n) is 2.29. The Bertz CT molecular complexity index is 515. The fourth-order valence-corrected chi connectivity index (χ4v) is 1.54. The Hall–Kier alpha value is -2.23. The Kier molecular flexibility index (Phi) is 1.97. The molecule has 15 heavy (non-hydrogen) atoms. The zero-order valence-electron chi connectivity index (χ0n) is 7.86. The summed E-state index contributed by atoms with van der Waals surface area (Å²) in [6, 6.07) is 6.52. The Morgan fingerprint density at radius 1 is 1.07 bits per heavy atom. The molecule has 2 N–H and O–H groups in total. The van der Waals surface area contributed by atoms with Crippen LogP contribution in [0, 0.1) is 0 Å². The lowest BCUT2D eigenvalue weighted by atomic mass is 9.91. The summed E-state index contributed by atoms with van der Waals surface area (Å²) in [4.78, 5) is 27.0. The SMILES string of the molecule is C=NC1=C(N)C(=O)c2ccccc2C1=O. The van der Waals surface area contributed by atoms with Crippen molar-refractivity contribution < 1.29 is 9.59 Å². The van der Waals surface area contributed by atoms with Crippen LogP contribution in [0.2, 0.25) is 0 Å². The van der Waals surface area contributed by atoms with Crippen LogP contribution >= 0.6 is 0 Å². The van der Waals surface area contributed by atoms with Gasteiger partial charge in [-0.3, -0.25) is 14.6 Å². The highest BCUT2D eigenvalue weighted by molar-refractivity contribution is 6.26. The Labute approximate surface area is 86.1 Å². The van der Waals surface area contributed by atoms with Gasteiger partial charge in [0.2, 0.25) is 11.6 Å². The molecular formula is C11H8N2O2. The number of fused-ring (bicyclic) bond motifs is 1. The van der Waals surface area contributed by atoms with Crippen molar-refractivity contribution in [1.82, 2.24) is 0 Å². The van der Waals surface area contributed by atoms with Crippen molar-refractivity contribution in [3.8, 4) is 0 Å². The third kappa shape index (κ3) is 1.19. The molecule has 4 nitrogen and oxygen atoms in total. The van der Waals surface area contributed by atoms with Gasteiger partial charge in [-0.2, -0.15) is 0 Å². The second-order valence-electron chi connectivity index (χ2n) is 3.12. The van der Waals surface area contributed by atoms with Gasteiger partial charge in [-0.15, -0.1) is 0 Å². The van der Waals surface area contributed by atoms with Gasteiger partial charge in [0.15, 0.2) is 0 Å². The zero-order valence-corrected chi connectivity index (χ0v) is 7.86. The monoisotopic (exact) mass is 200 g/mol. The summed E-state index contributed by atoms with van der Waals surface area (Å²) in [6.07, 6.45) is 0. The predicted molar refractivity (Wildman–Crippen MR) is 55.9 cm³/mol. The van der Waals surface area contributed by atoms with Crippen molar-refractivity contribution in [2.24, 2.45) is 10.7 Å². The molecule has 0 spiro atoms. The molecule has 1 aliphatic rings. The lowest BCUT2D eigenvalue weighted by molar-refractivity contribution is 0.0972. The summed E-state index contributed by atoms with van der Waals surface area (Å²) < 4.78 is 0. The number of carbonyl (C=O) groups excluding carboxylic acids is 2. The van der Waals surface area contributed by atoms with E-state index in [9.17, 15) is 9.59 Å². The van der Waals surface area contributed by atoms with E-state index in [-0.39, 0.29) is 23.0 Å². The van der Waals surface area contributed by atoms with Gasteiger partial charge >= 0.3 is 0 Å². The average molecular weight is 200 g/mol. The summed E-state index contributed by atoms with van der Waals surface area (Å²) in [5, 5.41) is 0. The molecule has 0 aliphatic heterocycles. The van der Waals surface area contributed by atoms with Gasteiger partial charge in [0.25, 0.3) is 0 Å². The molecule has 1 aromatic rings. The third-order valence-corrected chi connectivity index (χ3v) is 2.29. The molecule has 0 fully saturated rings. The van der Waals surface area contributed by atoms with Crippen molar-refractivity contribution in [3.05, 3.63) is 46.8 Å². The van der Waals surface area contributed by atoms with Crippen LogP contribution in [-0.2, 0) is 0 Å². The number of carbonyl (C=O) groups is 2. The summed E-state index contributed by atoms with van der Waals surface area (Å²) in [5.41, 5.74) is 5.98. The maximum Gasteiger partial charge on any atom is 0.214 e. The first kappa shape index (κ1) is 9.33. The number of benzene rings is 1. The predicted octanol–water partition coefficient (Wildman–Crippen LogP) is 0.937. The van der Waals surface area contributed by atoms with Gasteiger partial charge in [-0.1, -0.05) is 24.3 Å². The first-order valence-electron chi connectivity index (χ1n) is 4.31. The molecule has 1 aliphatic carbocycles. The fourth-order valence-electron chi connectivity index (χ4n) is 1.54. The zero-order chi connectivity index (χ0) is 11.0. The fraction of sp³-hybridized carbons (Fsp3) is 0. The van der Waals surface area contributed by atoms with Crippen LogP contribution < -0.4 is 5.73 Å². The Morgan fingerprint density at radius 3 is 2.13 bits per heavy atom. The maximum absolute atomic E-state index is 11.8. The van der Waals surface area contributed by atoms with Crippen LogP contribution in [0.4, 0.5) is 0 Å². The number of ketones is 2. The quantitative estimate of drug-likeness (QED) is 0.685. The van der Waals surface area contributed by atoms with Crippen LogP contribution in [0.15, 0.2) is 40.7 Å². The van der Waals surface area contributed by atoms with E-state index in [1.54, 1.807) is 24.3 Å². The van der Waals surface area contributed by atoms with E-state index >= 15 is 0 Å². The molecule has 0 heterocycles. The van der Waals surface area contributed by atoms with Crippen molar-refractivity contribution in [2.75, 3.05) is 0 Å². The highest BCUT2D eigenvalue weighted by Gasteiger charge is 2.29. The largest absolute Gasteiger partial charge is 0.394 e. The van der Waals surface area contributed by atoms with Gasteiger partial charge in [-0.25, -0.2) is 0 Å². The van der Waals surface area contributed by atoms with Gasteiger partial charge in [0.05, 0.1) is 0 Å². The maximum atomic E-state index is 11.8. The van der Waals surface area contributed by atoms with E-state index < -0.39 is 0 Å². The van der Waals surface area contributed by atoms with Crippen LogP contribution in [-0.4, -0.2) is 18.3 Å². The highest BCUT2D eigenvalue weighted by Crippen LogP contribution is 2.23. The minimum Gasteiger partial charge on any atom is -0.394 e. The number of Topliss-reactive ketones (excluding diaryl/α,β-unsaturated/α-hetero) is 2. The number of hydrogen-bond donors (Lipinski definition) is 1. The minimum absolute atomic E-state index is 0.0568. The van der Waals surface area contributed by atoms with Crippen molar-refractivity contribution in [3.63, 3.8) is 0 Å². The molecule has 2 rings (SSSR count). The molecule has 74 valence electrons. The second kappa shape index (κ2) is 3.16. The van der Waals surface area contributed by atoms with Crippen LogP contribution in [0.25, 0.3) is 0 Å². The molecule has 1 aromatic carbocycles. The molecular weight excluding hydrogens is 192 g/mol. The summed E-state index contributed by atoms with van der Waals surface area (Å²) >= 11 is 0. The smallest absolute Gasteiger partial charge is 0.214 e. The van der Waals surface area contributed by atoms with Crippen LogP contribution in [0.1, 0.15) is 20.7 Å². The van der Waals surface area contributed by atoms with E-state index in [0.717, 1.165) is 0 Å². The topological polar surface area (TPSA) is 72.5 Å². The molecule has 0 aromatic heterocycles. The first-order chi connectivity index (χ1) is 7.16. The van der Waals surface area contributed by atoms with Crippen LogP contribution in [0.5, 0.6) is 0 Å². The number of nitrogens with two attached hydrogens (primary N) is 1. The van der Waals surface area contributed by atoms with Crippen LogP contribution in [0.3, 0.4) is 0 Å². The molecule has 0 saturated heterocycles. The standard InChI is InChI=1S/C11H8N2O2/c1-13-9-8(12)10(14)6-4-2-3-5-7(6)11(9)15/h2-5H,1,12H2. The summed E-state index contributed by atoms with van der Waals surface area (Å²) in [7, 11) is 0. The van der Waals surface area contributed by atoms with Gasteiger partial charge in [0.1, 0.15) is 11.4 Å². The summed E-state index contributed by atoms with van der Waals surface area (Å²) in [6.45, 7) is 3.23. The van der Waals surface area contributed by atoms with Gasteiger partial charge in [-0.05, 0) is 6.72 Å². The van der Waals surface area contributed by atoms with Gasteiger partial charge in [0, 0.05) is 11.1 Å². The number of nitrogens with zero attached hydrogens (tertiary/aromatic N) is 1. The van der Waals surface area contributed by atoms with Crippen molar-refractivity contribution in [1.29, 1.82) is 0 Å². The molecule has 0 saturated carbocycles. The molecule has 0 unspecified atom stereocenters. The molecule has 4 heteroatoms. The molecule has 0 bridgehead atoms. The normalized spacial score (nSPS) is 15.2. The van der Waals surface area contributed by atoms with E-state index in [4.69, 9.17) is 5.73 Å². The number of allylic oxidation sites excluding steroid dienone is 2. The van der Waals surface area contributed by atoms with Crippen molar-refractivity contribution in [2.45, 2.75) is 0 Å². The average Bonchev–Trinajstić information content (AvgIpc) is 2.27. The number of hydrogen-bond acceptors (Lipinski definition) is 4. The highest BCUT2D eigenvalue weighted by atomic mass is 16.1. The Balaban J connectivity index is 2.73. The number of rotatable bonds is 1. The lowest BCUT2D eigenvalue weighted by Crippen LogP contribution is -2.25. The van der Waals surface area contributed by atoms with E-state index in [0.29, 0.717) is 11.1 Å². The van der Waals surface area contributed by atoms with E-state index in [1.165, 1.54) is 0 Å².